The number of ether oxygens (including phenoxy) is 1. The second kappa shape index (κ2) is 17.4. The maximum Gasteiger partial charge on any atom is 0.410 e. The Morgan fingerprint density at radius 2 is 1.49 bits per heavy atom. The molecule has 0 spiro atoms. The third kappa shape index (κ3) is 9.25. The lowest BCUT2D eigenvalue weighted by Gasteiger charge is -2.42. The van der Waals surface area contributed by atoms with E-state index in [-0.39, 0.29) is 53.9 Å². The van der Waals surface area contributed by atoms with Crippen LogP contribution in [0, 0.1) is 11.6 Å². The summed E-state index contributed by atoms with van der Waals surface area (Å²) in [5.41, 5.74) is 4.20. The molecule has 4 fully saturated rings. The van der Waals surface area contributed by atoms with Crippen molar-refractivity contribution in [1.29, 1.82) is 0 Å². The highest BCUT2D eigenvalue weighted by molar-refractivity contribution is 6.01. The highest BCUT2D eigenvalue weighted by Gasteiger charge is 2.33. The van der Waals surface area contributed by atoms with Gasteiger partial charge in [-0.2, -0.15) is 0 Å². The van der Waals surface area contributed by atoms with Crippen molar-refractivity contribution in [2.75, 3.05) is 36.8 Å². The fourth-order valence-electron chi connectivity index (χ4n) is 8.81. The molecular formula is C44H49F2N7O4. The fraction of sp³-hybridized carbons (Fsp3) is 0.432. The van der Waals surface area contributed by atoms with Crippen LogP contribution in [0.25, 0.3) is 22.4 Å². The van der Waals surface area contributed by atoms with Gasteiger partial charge < -0.3 is 25.2 Å². The predicted octanol–water partition coefficient (Wildman–Crippen LogP) is 7.51. The van der Waals surface area contributed by atoms with Crippen molar-refractivity contribution in [2.45, 2.75) is 94.4 Å². The van der Waals surface area contributed by atoms with Crippen LogP contribution in [0.5, 0.6) is 0 Å². The van der Waals surface area contributed by atoms with E-state index in [0.29, 0.717) is 48.3 Å². The minimum Gasteiger partial charge on any atom is -0.446 e. The van der Waals surface area contributed by atoms with Crippen LogP contribution in [-0.4, -0.2) is 88.1 Å². The van der Waals surface area contributed by atoms with E-state index in [1.807, 2.05) is 71.6 Å². The van der Waals surface area contributed by atoms with E-state index in [4.69, 9.17) is 4.74 Å². The number of nitrogens with zero attached hydrogens (tertiary/aromatic N) is 4. The maximum absolute atomic E-state index is 15.2. The SMILES string of the molecule is O=C1CCC(Nc2ccc(C3CCN(C4CCN(C(=O)OC5CCC(Nc6ncc(F)c(-c7cccc(-c8ccccc8)c7)n6)CC5)CC4)CC3)c(F)c2)C(=O)N1. The Morgan fingerprint density at radius 3 is 2.23 bits per heavy atom. The first-order valence-corrected chi connectivity index (χ1v) is 20.3. The lowest BCUT2D eigenvalue weighted by molar-refractivity contribution is -0.133. The van der Waals surface area contributed by atoms with Gasteiger partial charge in [0.15, 0.2) is 5.82 Å². The number of hydrogen-bond donors (Lipinski definition) is 3. The minimum absolute atomic E-state index is 0.0895. The Balaban J connectivity index is 0.756. The van der Waals surface area contributed by atoms with Crippen molar-refractivity contribution < 1.29 is 27.9 Å². The van der Waals surface area contributed by atoms with Gasteiger partial charge in [-0.1, -0.05) is 54.6 Å². The molecule has 3 aliphatic heterocycles. The lowest BCUT2D eigenvalue weighted by atomic mass is 9.87. The lowest BCUT2D eigenvalue weighted by Crippen LogP contribution is -2.49. The van der Waals surface area contributed by atoms with Crippen molar-refractivity contribution in [2.24, 2.45) is 0 Å². The molecule has 4 heterocycles. The van der Waals surface area contributed by atoms with E-state index in [1.165, 1.54) is 12.3 Å². The van der Waals surface area contributed by atoms with Gasteiger partial charge in [-0.15, -0.1) is 0 Å². The monoisotopic (exact) mass is 777 g/mol. The van der Waals surface area contributed by atoms with Crippen LogP contribution in [0.1, 0.15) is 75.7 Å². The average Bonchev–Trinajstić information content (AvgIpc) is 3.24. The van der Waals surface area contributed by atoms with Crippen molar-refractivity contribution >= 4 is 29.5 Å². The smallest absolute Gasteiger partial charge is 0.410 e. The Bertz CT molecular complexity index is 2060. The Morgan fingerprint density at radius 1 is 0.754 bits per heavy atom. The van der Waals surface area contributed by atoms with Crippen LogP contribution in [0.4, 0.5) is 25.2 Å². The summed E-state index contributed by atoms with van der Waals surface area (Å²) >= 11 is 0. The molecule has 4 aromatic rings. The largest absolute Gasteiger partial charge is 0.446 e. The molecule has 4 aliphatic rings. The molecule has 3 aromatic carbocycles. The number of benzene rings is 3. The van der Waals surface area contributed by atoms with Crippen LogP contribution in [0.3, 0.4) is 0 Å². The Hall–Kier alpha value is -5.43. The van der Waals surface area contributed by atoms with E-state index >= 15 is 4.39 Å². The molecule has 0 radical (unpaired) electrons. The Labute approximate surface area is 331 Å². The number of amides is 3. The molecule has 3 amide bonds. The van der Waals surface area contributed by atoms with Crippen LogP contribution < -0.4 is 16.0 Å². The van der Waals surface area contributed by atoms with Gasteiger partial charge >= 0.3 is 6.09 Å². The summed E-state index contributed by atoms with van der Waals surface area (Å²) in [5, 5.41) is 8.77. The minimum atomic E-state index is -0.552. The first kappa shape index (κ1) is 38.4. The van der Waals surface area contributed by atoms with Crippen LogP contribution >= 0.6 is 0 Å². The second-order valence-corrected chi connectivity index (χ2v) is 15.8. The van der Waals surface area contributed by atoms with Gasteiger partial charge in [0, 0.05) is 42.8 Å². The van der Waals surface area contributed by atoms with Crippen LogP contribution in [0.2, 0.25) is 0 Å². The number of carbonyl (C=O) groups is 3. The molecule has 8 rings (SSSR count). The van der Waals surface area contributed by atoms with Crippen molar-refractivity contribution in [3.05, 3.63) is 96.2 Å². The normalized spacial score (nSPS) is 22.5. The zero-order chi connectivity index (χ0) is 39.3. The summed E-state index contributed by atoms with van der Waals surface area (Å²) in [6.45, 7) is 3.04. The summed E-state index contributed by atoms with van der Waals surface area (Å²) in [7, 11) is 0. The molecule has 1 atom stereocenters. The first-order chi connectivity index (χ1) is 27.8. The quantitative estimate of drug-likeness (QED) is 0.148. The van der Waals surface area contributed by atoms with Gasteiger partial charge in [0.25, 0.3) is 0 Å². The predicted molar refractivity (Wildman–Crippen MR) is 213 cm³/mol. The molecule has 11 nitrogen and oxygen atoms in total. The molecule has 1 aromatic heterocycles. The van der Waals surface area contributed by atoms with Crippen molar-refractivity contribution in [1.82, 2.24) is 25.1 Å². The summed E-state index contributed by atoms with van der Waals surface area (Å²) in [5.74, 6) is -0.916. The number of halogens is 2. The van der Waals surface area contributed by atoms with Gasteiger partial charge in [0.05, 0.1) is 6.20 Å². The maximum atomic E-state index is 15.2. The first-order valence-electron chi connectivity index (χ1n) is 20.3. The summed E-state index contributed by atoms with van der Waals surface area (Å²) in [6.07, 6.45) is 7.93. The van der Waals surface area contributed by atoms with Crippen LogP contribution in [-0.2, 0) is 14.3 Å². The zero-order valence-electron chi connectivity index (χ0n) is 32.0. The van der Waals surface area contributed by atoms with E-state index in [9.17, 15) is 18.8 Å². The van der Waals surface area contributed by atoms with Crippen molar-refractivity contribution in [3.8, 4) is 22.4 Å². The fourth-order valence-corrected chi connectivity index (χ4v) is 8.81. The number of rotatable bonds is 9. The molecule has 0 bridgehead atoms. The number of nitrogens with one attached hydrogen (secondary N) is 3. The van der Waals surface area contributed by atoms with Gasteiger partial charge in [-0.3, -0.25) is 14.9 Å². The summed E-state index contributed by atoms with van der Waals surface area (Å²) in [4.78, 5) is 49.8. The second-order valence-electron chi connectivity index (χ2n) is 15.8. The van der Waals surface area contributed by atoms with Crippen molar-refractivity contribution in [3.63, 3.8) is 0 Å². The van der Waals surface area contributed by atoms with E-state index in [0.717, 1.165) is 75.6 Å². The third-order valence-corrected chi connectivity index (χ3v) is 12.1. The number of carbonyl (C=O) groups excluding carboxylic acids is 3. The zero-order valence-corrected chi connectivity index (χ0v) is 32.0. The number of imide groups is 1. The average molecular weight is 778 g/mol. The molecule has 57 heavy (non-hydrogen) atoms. The molecular weight excluding hydrogens is 729 g/mol. The number of aromatic nitrogens is 2. The van der Waals surface area contributed by atoms with Gasteiger partial charge in [-0.25, -0.2) is 23.5 Å². The van der Waals surface area contributed by atoms with E-state index in [1.54, 1.807) is 0 Å². The molecule has 3 N–H and O–H groups in total. The Kier molecular flexibility index (Phi) is 11.7. The van der Waals surface area contributed by atoms with Crippen LogP contribution in [0.15, 0.2) is 79.0 Å². The number of piperidine rings is 3. The van der Waals surface area contributed by atoms with Gasteiger partial charge in [0.1, 0.15) is 23.7 Å². The number of hydrogen-bond acceptors (Lipinski definition) is 9. The molecule has 3 saturated heterocycles. The highest BCUT2D eigenvalue weighted by atomic mass is 19.1. The van der Waals surface area contributed by atoms with E-state index < -0.39 is 11.9 Å². The summed E-state index contributed by atoms with van der Waals surface area (Å²) in [6, 6.07) is 22.7. The third-order valence-electron chi connectivity index (χ3n) is 12.1. The highest BCUT2D eigenvalue weighted by Crippen LogP contribution is 2.34. The van der Waals surface area contributed by atoms with Gasteiger partial charge in [-0.05, 0) is 112 Å². The molecule has 1 saturated carbocycles. The molecule has 1 aliphatic carbocycles. The van der Waals surface area contributed by atoms with Gasteiger partial charge in [0.2, 0.25) is 17.8 Å². The number of anilines is 2. The topological polar surface area (TPSA) is 129 Å². The molecule has 298 valence electrons. The molecule has 13 heteroatoms. The standard InChI is InChI=1S/C44H49F2N7O4/c45-37-26-33(48-39-15-16-40(54)50-42(39)55)11-14-36(37)29-17-21-52(22-18-29)34-19-23-53(24-20-34)44(56)57-35-12-9-32(10-13-35)49-43-47-27-38(46)41(51-43)31-8-4-7-30(25-31)28-5-2-1-3-6-28/h1-8,11,14,25-27,29,32,34-35,39,48H,9-10,12-13,15-24H2,(H,47,49,51)(H,50,54,55). The van der Waals surface area contributed by atoms with E-state index in [2.05, 4.69) is 30.8 Å². The summed E-state index contributed by atoms with van der Waals surface area (Å²) < 4.78 is 36.2. The number of likely N-dealkylation sites (tertiary alicyclic amines) is 2. The molecule has 1 unspecified atom stereocenters.